The largest absolute Gasteiger partial charge is 0.300 e. The number of Topliss-reactive ketones (excluding diaryl/α,β-unsaturated/α-hetero) is 1. The van der Waals surface area contributed by atoms with Crippen LogP contribution in [-0.4, -0.2) is 11.7 Å². The topological polar surface area (TPSA) is 37.4 Å². The van der Waals surface area contributed by atoms with Crippen molar-refractivity contribution in [3.63, 3.8) is 0 Å². The van der Waals surface area contributed by atoms with E-state index in [1.54, 1.807) is 12.1 Å². The monoisotopic (exact) mass is 351 g/mol. The Labute approximate surface area is 127 Å². The second-order valence-corrected chi connectivity index (χ2v) is 5.50. The Hall–Kier alpha value is -2.08. The first-order valence-electron chi connectivity index (χ1n) is 6.07. The molecule has 1 amide bonds. The molecule has 0 aliphatic carbocycles. The Kier molecular flexibility index (Phi) is 3.33. The normalized spacial score (nSPS) is 13.8. The molecule has 1 aliphatic rings. The molecule has 2 aromatic carbocycles. The highest BCUT2D eigenvalue weighted by molar-refractivity contribution is 9.10. The Morgan fingerprint density at radius 3 is 2.38 bits per heavy atom. The van der Waals surface area contributed by atoms with Gasteiger partial charge in [0, 0.05) is 10.0 Å². The molecule has 2 aromatic rings. The highest BCUT2D eigenvalue weighted by Gasteiger charge is 2.36. The summed E-state index contributed by atoms with van der Waals surface area (Å²) in [5.41, 5.74) is 0.341. The Morgan fingerprint density at radius 2 is 1.71 bits per heavy atom. The molecule has 0 radical (unpaired) electrons. The molecule has 106 valence electrons. The van der Waals surface area contributed by atoms with E-state index in [1.807, 2.05) is 0 Å². The number of carbonyl (C=O) groups excluding carboxylic acids is 2. The van der Waals surface area contributed by atoms with Crippen LogP contribution in [0.4, 0.5) is 14.5 Å². The average Bonchev–Trinajstić information content (AvgIpc) is 2.67. The summed E-state index contributed by atoms with van der Waals surface area (Å²) in [6.07, 6.45) is 0. The van der Waals surface area contributed by atoms with Crippen LogP contribution in [-0.2, 0) is 11.3 Å². The predicted molar refractivity (Wildman–Crippen MR) is 76.0 cm³/mol. The molecule has 6 heteroatoms. The first-order chi connectivity index (χ1) is 9.99. The summed E-state index contributed by atoms with van der Waals surface area (Å²) >= 11 is 3.25. The minimum atomic E-state index is -0.786. The number of ketones is 1. The number of carbonyl (C=O) groups is 2. The van der Waals surface area contributed by atoms with Crippen LogP contribution in [0.5, 0.6) is 0 Å². The van der Waals surface area contributed by atoms with Crippen LogP contribution in [0.2, 0.25) is 0 Å². The number of fused-ring (bicyclic) bond motifs is 1. The minimum Gasteiger partial charge on any atom is -0.300 e. The van der Waals surface area contributed by atoms with E-state index >= 15 is 0 Å². The zero-order valence-corrected chi connectivity index (χ0v) is 12.2. The Balaban J connectivity index is 2.06. The van der Waals surface area contributed by atoms with Crippen LogP contribution in [0.3, 0.4) is 0 Å². The maximum Gasteiger partial charge on any atom is 0.299 e. The maximum absolute atomic E-state index is 13.7. The van der Waals surface area contributed by atoms with Gasteiger partial charge in [0.25, 0.3) is 11.7 Å². The third kappa shape index (κ3) is 2.25. The molecule has 0 bridgehead atoms. The fourth-order valence-electron chi connectivity index (χ4n) is 2.27. The lowest BCUT2D eigenvalue weighted by Crippen LogP contribution is -2.30. The van der Waals surface area contributed by atoms with E-state index in [0.717, 1.165) is 17.0 Å². The number of hydrogen-bond acceptors (Lipinski definition) is 2. The van der Waals surface area contributed by atoms with Gasteiger partial charge in [-0.25, -0.2) is 8.78 Å². The van der Waals surface area contributed by atoms with E-state index in [2.05, 4.69) is 15.9 Å². The van der Waals surface area contributed by atoms with Gasteiger partial charge in [0.05, 0.1) is 17.8 Å². The number of nitrogens with zero attached hydrogens (tertiary/aromatic N) is 1. The molecule has 0 unspecified atom stereocenters. The van der Waals surface area contributed by atoms with Crippen molar-refractivity contribution in [3.8, 4) is 0 Å². The molecule has 0 saturated heterocycles. The first-order valence-corrected chi connectivity index (χ1v) is 6.87. The molecule has 21 heavy (non-hydrogen) atoms. The number of anilines is 1. The average molecular weight is 352 g/mol. The van der Waals surface area contributed by atoms with Crippen LogP contribution in [0.15, 0.2) is 40.9 Å². The third-order valence-corrected chi connectivity index (χ3v) is 3.81. The smallest absolute Gasteiger partial charge is 0.299 e. The molecule has 0 N–H and O–H groups in total. The first kappa shape index (κ1) is 13.9. The van der Waals surface area contributed by atoms with E-state index in [4.69, 9.17) is 0 Å². The molecule has 1 aliphatic heterocycles. The van der Waals surface area contributed by atoms with Crippen LogP contribution < -0.4 is 4.90 Å². The van der Waals surface area contributed by atoms with Gasteiger partial charge in [-0.3, -0.25) is 9.59 Å². The number of hydrogen-bond donors (Lipinski definition) is 0. The molecule has 0 spiro atoms. The lowest BCUT2D eigenvalue weighted by Gasteiger charge is -2.17. The van der Waals surface area contributed by atoms with Crippen molar-refractivity contribution in [3.05, 3.63) is 63.6 Å². The van der Waals surface area contributed by atoms with Crippen molar-refractivity contribution in [1.82, 2.24) is 0 Å². The van der Waals surface area contributed by atoms with Crippen molar-refractivity contribution < 1.29 is 18.4 Å². The molecule has 0 atom stereocenters. The predicted octanol–water partition coefficient (Wildman–Crippen LogP) is 3.46. The van der Waals surface area contributed by atoms with Crippen molar-refractivity contribution in [2.24, 2.45) is 0 Å². The second-order valence-electron chi connectivity index (χ2n) is 4.58. The summed E-state index contributed by atoms with van der Waals surface area (Å²) in [4.78, 5) is 25.0. The Bertz CT molecular complexity index is 756. The van der Waals surface area contributed by atoms with Crippen LogP contribution in [0, 0.1) is 11.6 Å². The van der Waals surface area contributed by atoms with E-state index in [-0.39, 0.29) is 17.7 Å². The summed E-state index contributed by atoms with van der Waals surface area (Å²) in [6.45, 7) is -0.327. The highest BCUT2D eigenvalue weighted by Crippen LogP contribution is 2.33. The maximum atomic E-state index is 13.7. The molecule has 1 heterocycles. The molecular formula is C15H8BrF2NO2. The summed E-state index contributed by atoms with van der Waals surface area (Å²) in [5.74, 6) is -2.96. The number of amides is 1. The second kappa shape index (κ2) is 5.04. The molecule has 3 nitrogen and oxygen atoms in total. The van der Waals surface area contributed by atoms with Crippen molar-refractivity contribution >= 4 is 33.3 Å². The standard InChI is InChI=1S/C15H8BrF2NO2/c16-8-4-5-9-13(6-8)19(15(21)14(9)20)7-10-11(17)2-1-3-12(10)18/h1-6H,7H2. The van der Waals surface area contributed by atoms with Crippen LogP contribution in [0.1, 0.15) is 15.9 Å². The summed E-state index contributed by atoms with van der Waals surface area (Å²) in [5, 5.41) is 0. The van der Waals surface area contributed by atoms with Crippen molar-refractivity contribution in [2.75, 3.05) is 4.90 Å². The van der Waals surface area contributed by atoms with Gasteiger partial charge in [0.1, 0.15) is 11.6 Å². The zero-order chi connectivity index (χ0) is 15.1. The van der Waals surface area contributed by atoms with E-state index in [9.17, 15) is 18.4 Å². The summed E-state index contributed by atoms with van der Waals surface area (Å²) in [6, 6.07) is 8.20. The Morgan fingerprint density at radius 1 is 1.05 bits per heavy atom. The van der Waals surface area contributed by atoms with E-state index < -0.39 is 23.3 Å². The lowest BCUT2D eigenvalue weighted by molar-refractivity contribution is -0.114. The SMILES string of the molecule is O=C1C(=O)N(Cc2c(F)cccc2F)c2cc(Br)ccc21. The van der Waals surface area contributed by atoms with Gasteiger partial charge >= 0.3 is 0 Å². The van der Waals surface area contributed by atoms with Gasteiger partial charge in [0.15, 0.2) is 0 Å². The number of rotatable bonds is 2. The lowest BCUT2D eigenvalue weighted by atomic mass is 10.1. The van der Waals surface area contributed by atoms with E-state index in [0.29, 0.717) is 10.2 Å². The third-order valence-electron chi connectivity index (χ3n) is 3.31. The van der Waals surface area contributed by atoms with E-state index in [1.165, 1.54) is 12.1 Å². The fraction of sp³-hybridized carbons (Fsp3) is 0.0667. The van der Waals surface area contributed by atoms with Crippen LogP contribution in [0.25, 0.3) is 0 Å². The zero-order valence-electron chi connectivity index (χ0n) is 10.6. The van der Waals surface area contributed by atoms with Gasteiger partial charge in [0.2, 0.25) is 0 Å². The van der Waals surface area contributed by atoms with Crippen molar-refractivity contribution in [1.29, 1.82) is 0 Å². The highest BCUT2D eigenvalue weighted by atomic mass is 79.9. The van der Waals surface area contributed by atoms with Gasteiger partial charge < -0.3 is 4.90 Å². The number of benzene rings is 2. The van der Waals surface area contributed by atoms with Gasteiger partial charge in [-0.15, -0.1) is 0 Å². The minimum absolute atomic E-state index is 0.236. The summed E-state index contributed by atoms with van der Waals surface area (Å²) < 4.78 is 28.1. The van der Waals surface area contributed by atoms with Gasteiger partial charge in [-0.05, 0) is 30.3 Å². The quantitative estimate of drug-likeness (QED) is 0.777. The van der Waals surface area contributed by atoms with Crippen molar-refractivity contribution in [2.45, 2.75) is 6.54 Å². The van der Waals surface area contributed by atoms with Crippen LogP contribution >= 0.6 is 15.9 Å². The van der Waals surface area contributed by atoms with Gasteiger partial charge in [-0.1, -0.05) is 22.0 Å². The molecular weight excluding hydrogens is 344 g/mol. The number of halogens is 3. The molecule has 0 saturated carbocycles. The fourth-order valence-corrected chi connectivity index (χ4v) is 2.61. The molecule has 0 aromatic heterocycles. The molecule has 0 fully saturated rings. The summed E-state index contributed by atoms with van der Waals surface area (Å²) in [7, 11) is 0. The molecule has 3 rings (SSSR count). The van der Waals surface area contributed by atoms with Gasteiger partial charge in [-0.2, -0.15) is 0 Å².